The molecule has 1 aliphatic heterocycles. The van der Waals surface area contributed by atoms with Gasteiger partial charge < -0.3 is 0 Å². The van der Waals surface area contributed by atoms with Gasteiger partial charge in [0.25, 0.3) is 0 Å². The third-order valence-corrected chi connectivity index (χ3v) is 8.55. The molecule has 7 aromatic carbocycles. The second kappa shape index (κ2) is 9.37. The molecule has 0 amide bonds. The van der Waals surface area contributed by atoms with E-state index in [4.69, 9.17) is 9.97 Å². The predicted molar refractivity (Wildman–Crippen MR) is 179 cm³/mol. The summed E-state index contributed by atoms with van der Waals surface area (Å²) in [6, 6.07) is 53.7. The molecule has 0 aliphatic carbocycles. The smallest absolute Gasteiger partial charge is 0.165 e. The van der Waals surface area contributed by atoms with Gasteiger partial charge in [-0.1, -0.05) is 121 Å². The lowest BCUT2D eigenvalue weighted by atomic mass is 9.89. The van der Waals surface area contributed by atoms with Gasteiger partial charge in [0, 0.05) is 16.5 Å². The first-order valence-electron chi connectivity index (χ1n) is 14.6. The van der Waals surface area contributed by atoms with Crippen molar-refractivity contribution in [1.29, 1.82) is 0 Å². The van der Waals surface area contributed by atoms with E-state index in [1.807, 2.05) is 30.3 Å². The molecule has 3 heteroatoms. The van der Waals surface area contributed by atoms with Crippen LogP contribution in [0.25, 0.3) is 66.1 Å². The number of para-hydroxylation sites is 2. The molecule has 0 N–H and O–H groups in total. The van der Waals surface area contributed by atoms with Gasteiger partial charge in [-0.25, -0.2) is 9.97 Å². The highest BCUT2D eigenvalue weighted by atomic mass is 15.2. The summed E-state index contributed by atoms with van der Waals surface area (Å²) >= 11 is 0. The summed E-state index contributed by atoms with van der Waals surface area (Å²) in [5.74, 6) is 0.824. The number of hydrogen-bond donors (Lipinski definition) is 0. The van der Waals surface area contributed by atoms with Crippen LogP contribution in [0.5, 0.6) is 0 Å². The Morgan fingerprint density at radius 3 is 1.79 bits per heavy atom. The molecule has 0 bridgehead atoms. The first-order valence-corrected chi connectivity index (χ1v) is 14.6. The molecule has 0 spiro atoms. The Bertz CT molecular complexity index is 2340. The van der Waals surface area contributed by atoms with Crippen LogP contribution in [0.1, 0.15) is 0 Å². The van der Waals surface area contributed by atoms with Crippen molar-refractivity contribution in [2.24, 2.45) is 0 Å². The lowest BCUT2D eigenvalue weighted by molar-refractivity contribution is 1.18. The van der Waals surface area contributed by atoms with Gasteiger partial charge in [-0.15, -0.1) is 0 Å². The highest BCUT2D eigenvalue weighted by molar-refractivity contribution is 6.16. The minimum Gasteiger partial charge on any atom is -0.292 e. The van der Waals surface area contributed by atoms with E-state index in [0.29, 0.717) is 0 Å². The summed E-state index contributed by atoms with van der Waals surface area (Å²) in [5, 5.41) is 4.86. The summed E-state index contributed by atoms with van der Waals surface area (Å²) < 4.78 is 0. The van der Waals surface area contributed by atoms with Crippen LogP contribution in [-0.4, -0.2) is 9.97 Å². The van der Waals surface area contributed by atoms with Crippen molar-refractivity contribution in [2.75, 3.05) is 4.90 Å². The van der Waals surface area contributed by atoms with E-state index < -0.39 is 0 Å². The highest BCUT2D eigenvalue weighted by Gasteiger charge is 2.30. The van der Waals surface area contributed by atoms with Gasteiger partial charge in [-0.05, 0) is 63.2 Å². The number of benzene rings is 7. The van der Waals surface area contributed by atoms with Crippen LogP contribution in [0.4, 0.5) is 17.2 Å². The average molecular weight is 548 g/mol. The fraction of sp³-hybridized carbons (Fsp3) is 0. The number of fused-ring (bicyclic) bond motifs is 4. The number of hydrogen-bond acceptors (Lipinski definition) is 3. The van der Waals surface area contributed by atoms with E-state index in [-0.39, 0.29) is 0 Å². The van der Waals surface area contributed by atoms with Crippen molar-refractivity contribution in [3.05, 3.63) is 152 Å². The SMILES string of the molecule is c1ccc(-c2ccc(-c3nc4ccccc4nc3N3c4cc5ccccc5cc4-c4cccc5cccc3c45)cc2)cc1. The predicted octanol–water partition coefficient (Wildman–Crippen LogP) is 10.7. The Kier molecular flexibility index (Phi) is 5.20. The molecule has 8 aromatic rings. The Hall–Kier alpha value is -5.80. The van der Waals surface area contributed by atoms with Crippen LogP contribution in [0.3, 0.4) is 0 Å². The molecular formula is C40H25N3. The lowest BCUT2D eigenvalue weighted by Crippen LogP contribution is -2.18. The second-order valence-corrected chi connectivity index (χ2v) is 11.1. The van der Waals surface area contributed by atoms with E-state index in [2.05, 4.69) is 126 Å². The molecule has 0 saturated carbocycles. The normalized spacial score (nSPS) is 12.1. The maximum atomic E-state index is 5.36. The molecule has 1 aliphatic rings. The fourth-order valence-electron chi connectivity index (χ4n) is 6.51. The van der Waals surface area contributed by atoms with Crippen LogP contribution in [0.2, 0.25) is 0 Å². The molecular weight excluding hydrogens is 522 g/mol. The highest BCUT2D eigenvalue weighted by Crippen LogP contribution is 2.53. The zero-order valence-corrected chi connectivity index (χ0v) is 23.3. The summed E-state index contributed by atoms with van der Waals surface area (Å²) in [6.07, 6.45) is 0. The number of rotatable bonds is 3. The van der Waals surface area contributed by atoms with Gasteiger partial charge in [0.05, 0.1) is 22.4 Å². The Balaban J connectivity index is 1.35. The Morgan fingerprint density at radius 1 is 0.395 bits per heavy atom. The molecule has 0 unspecified atom stereocenters. The van der Waals surface area contributed by atoms with Gasteiger partial charge in [0.15, 0.2) is 5.82 Å². The topological polar surface area (TPSA) is 29.0 Å². The third-order valence-electron chi connectivity index (χ3n) is 8.55. The van der Waals surface area contributed by atoms with Crippen molar-refractivity contribution in [3.63, 3.8) is 0 Å². The van der Waals surface area contributed by atoms with Gasteiger partial charge in [-0.3, -0.25) is 4.90 Å². The lowest BCUT2D eigenvalue weighted by Gasteiger charge is -2.34. The van der Waals surface area contributed by atoms with E-state index >= 15 is 0 Å². The first-order chi connectivity index (χ1) is 21.3. The maximum Gasteiger partial charge on any atom is 0.165 e. The zero-order valence-electron chi connectivity index (χ0n) is 23.3. The minimum atomic E-state index is 0.824. The van der Waals surface area contributed by atoms with Crippen LogP contribution < -0.4 is 4.90 Å². The molecule has 9 rings (SSSR count). The van der Waals surface area contributed by atoms with Gasteiger partial charge >= 0.3 is 0 Å². The minimum absolute atomic E-state index is 0.824. The quantitative estimate of drug-likeness (QED) is 0.220. The van der Waals surface area contributed by atoms with Crippen LogP contribution in [-0.2, 0) is 0 Å². The van der Waals surface area contributed by atoms with E-state index in [0.717, 1.165) is 39.5 Å². The van der Waals surface area contributed by atoms with E-state index in [1.54, 1.807) is 0 Å². The molecule has 200 valence electrons. The van der Waals surface area contributed by atoms with Crippen molar-refractivity contribution < 1.29 is 0 Å². The molecule has 43 heavy (non-hydrogen) atoms. The molecule has 0 saturated heterocycles. The molecule has 1 aromatic heterocycles. The summed E-state index contributed by atoms with van der Waals surface area (Å²) in [5.41, 5.74) is 10.7. The van der Waals surface area contributed by atoms with Crippen LogP contribution in [0.15, 0.2) is 152 Å². The third kappa shape index (κ3) is 3.75. The Morgan fingerprint density at radius 2 is 1.00 bits per heavy atom. The summed E-state index contributed by atoms with van der Waals surface area (Å²) in [4.78, 5) is 13.0. The Labute approximate surface area is 249 Å². The molecule has 0 fully saturated rings. The van der Waals surface area contributed by atoms with Crippen molar-refractivity contribution in [3.8, 4) is 33.5 Å². The van der Waals surface area contributed by atoms with Crippen molar-refractivity contribution >= 4 is 49.8 Å². The van der Waals surface area contributed by atoms with Gasteiger partial charge in [0.1, 0.15) is 5.69 Å². The second-order valence-electron chi connectivity index (χ2n) is 11.1. The first kappa shape index (κ1) is 23.9. The molecule has 3 nitrogen and oxygen atoms in total. The largest absolute Gasteiger partial charge is 0.292 e. The van der Waals surface area contributed by atoms with Crippen molar-refractivity contribution in [2.45, 2.75) is 0 Å². The number of nitrogens with zero attached hydrogens (tertiary/aromatic N) is 3. The number of anilines is 3. The van der Waals surface area contributed by atoms with Gasteiger partial charge in [0.2, 0.25) is 0 Å². The number of aromatic nitrogens is 2. The molecule has 0 radical (unpaired) electrons. The van der Waals surface area contributed by atoms with Crippen LogP contribution in [0, 0.1) is 0 Å². The monoisotopic (exact) mass is 547 g/mol. The fourth-order valence-corrected chi connectivity index (χ4v) is 6.51. The van der Waals surface area contributed by atoms with E-state index in [1.165, 1.54) is 43.8 Å². The summed E-state index contributed by atoms with van der Waals surface area (Å²) in [6.45, 7) is 0. The van der Waals surface area contributed by atoms with Gasteiger partial charge in [-0.2, -0.15) is 0 Å². The standard InChI is InChI=1S/C40H25N3/c1-2-10-26(11-3-1)27-20-22-29(23-21-27)39-40(42-35-18-7-6-17-34(35)41-39)43-36-19-9-15-28-14-8-16-32(38(28)36)33-24-30-12-4-5-13-31(30)25-37(33)43/h1-25H. The zero-order chi connectivity index (χ0) is 28.3. The average Bonchev–Trinajstić information content (AvgIpc) is 3.08. The van der Waals surface area contributed by atoms with E-state index in [9.17, 15) is 0 Å². The molecule has 0 atom stereocenters. The van der Waals surface area contributed by atoms with Crippen molar-refractivity contribution in [1.82, 2.24) is 9.97 Å². The maximum absolute atomic E-state index is 5.36. The van der Waals surface area contributed by atoms with Crippen LogP contribution >= 0.6 is 0 Å². The summed E-state index contributed by atoms with van der Waals surface area (Å²) in [7, 11) is 0. The molecule has 2 heterocycles.